The molecule has 2 amide bonds. The number of benzene rings is 2. The van der Waals surface area contributed by atoms with Crippen LogP contribution in [0.3, 0.4) is 0 Å². The van der Waals surface area contributed by atoms with E-state index in [4.69, 9.17) is 16.6 Å². The van der Waals surface area contributed by atoms with Gasteiger partial charge in [-0.2, -0.15) is 0 Å². The fourth-order valence-corrected chi connectivity index (χ4v) is 5.33. The number of fused-ring (bicyclic) bond motifs is 1. The molecule has 2 atom stereocenters. The Morgan fingerprint density at radius 3 is 2.67 bits per heavy atom. The molecule has 0 bridgehead atoms. The van der Waals surface area contributed by atoms with Gasteiger partial charge in [-0.05, 0) is 57.9 Å². The van der Waals surface area contributed by atoms with Crippen molar-refractivity contribution in [3.05, 3.63) is 83.7 Å². The summed E-state index contributed by atoms with van der Waals surface area (Å²) in [5.74, 6) is 0.109. The SMILES string of the molecule is CN(C)C/C=C/C(=O)Nc1ccc(C(=O)NC2C[C@@H](Nc3ncc(Cl)c(-c4c[nH]c5ccccc45)n3)CN(C)C2)cc1. The van der Waals surface area contributed by atoms with Gasteiger partial charge in [-0.3, -0.25) is 9.59 Å². The van der Waals surface area contributed by atoms with Crippen molar-refractivity contribution < 1.29 is 9.59 Å². The number of rotatable bonds is 9. The van der Waals surface area contributed by atoms with Gasteiger partial charge < -0.3 is 30.7 Å². The van der Waals surface area contributed by atoms with Crippen LogP contribution in [0.4, 0.5) is 11.6 Å². The summed E-state index contributed by atoms with van der Waals surface area (Å²) < 4.78 is 0. The molecule has 0 radical (unpaired) electrons. The van der Waals surface area contributed by atoms with E-state index in [0.717, 1.165) is 29.6 Å². The second-order valence-corrected chi connectivity index (χ2v) is 11.2. The number of piperidine rings is 1. The van der Waals surface area contributed by atoms with Crippen molar-refractivity contribution in [3.63, 3.8) is 0 Å². The van der Waals surface area contributed by atoms with E-state index in [1.165, 1.54) is 6.08 Å². The fourth-order valence-electron chi connectivity index (χ4n) is 5.13. The largest absolute Gasteiger partial charge is 0.360 e. The van der Waals surface area contributed by atoms with Crippen LogP contribution in [0, 0.1) is 0 Å². The molecule has 0 spiro atoms. The van der Waals surface area contributed by atoms with Crippen LogP contribution in [0.25, 0.3) is 22.2 Å². The van der Waals surface area contributed by atoms with E-state index in [2.05, 4.69) is 30.8 Å². The zero-order valence-corrected chi connectivity index (χ0v) is 24.7. The molecule has 42 heavy (non-hydrogen) atoms. The molecular formula is C31H35ClN8O2. The van der Waals surface area contributed by atoms with Crippen LogP contribution in [0.5, 0.6) is 0 Å². The lowest BCUT2D eigenvalue weighted by molar-refractivity contribution is -0.111. The van der Waals surface area contributed by atoms with Gasteiger partial charge in [-0.15, -0.1) is 0 Å². The van der Waals surface area contributed by atoms with Crippen molar-refractivity contribution >= 4 is 46.0 Å². The van der Waals surface area contributed by atoms with Gasteiger partial charge in [-0.1, -0.05) is 35.9 Å². The first-order valence-corrected chi connectivity index (χ1v) is 14.2. The molecule has 2 aromatic heterocycles. The predicted molar refractivity (Wildman–Crippen MR) is 168 cm³/mol. The number of para-hydroxylation sites is 1. The van der Waals surface area contributed by atoms with Gasteiger partial charge in [0.25, 0.3) is 5.91 Å². The normalized spacial score (nSPS) is 17.5. The Morgan fingerprint density at radius 2 is 1.88 bits per heavy atom. The van der Waals surface area contributed by atoms with Crippen LogP contribution in [-0.4, -0.2) is 89.4 Å². The van der Waals surface area contributed by atoms with Crippen molar-refractivity contribution in [1.29, 1.82) is 0 Å². The number of aromatic nitrogens is 3. The molecule has 1 aliphatic heterocycles. The number of halogens is 1. The molecule has 4 N–H and O–H groups in total. The third kappa shape index (κ3) is 7.33. The van der Waals surface area contributed by atoms with E-state index in [9.17, 15) is 9.59 Å². The van der Waals surface area contributed by atoms with Crippen molar-refractivity contribution in [2.24, 2.45) is 0 Å². The van der Waals surface area contributed by atoms with Gasteiger partial charge in [0.15, 0.2) is 0 Å². The van der Waals surface area contributed by atoms with E-state index >= 15 is 0 Å². The summed E-state index contributed by atoms with van der Waals surface area (Å²) in [6, 6.07) is 14.8. The highest BCUT2D eigenvalue weighted by Gasteiger charge is 2.27. The Hall–Kier alpha value is -4.25. The zero-order valence-electron chi connectivity index (χ0n) is 23.9. The van der Waals surface area contributed by atoms with Crippen molar-refractivity contribution in [1.82, 2.24) is 30.1 Å². The molecule has 10 nitrogen and oxygen atoms in total. The van der Waals surface area contributed by atoms with E-state index in [1.54, 1.807) is 36.5 Å². The van der Waals surface area contributed by atoms with Crippen LogP contribution >= 0.6 is 11.6 Å². The van der Waals surface area contributed by atoms with Gasteiger partial charge >= 0.3 is 0 Å². The molecule has 3 heterocycles. The maximum atomic E-state index is 13.0. The quantitative estimate of drug-likeness (QED) is 0.217. The average Bonchev–Trinajstić information content (AvgIpc) is 3.38. The summed E-state index contributed by atoms with van der Waals surface area (Å²) in [6.45, 7) is 2.18. The molecular weight excluding hydrogens is 552 g/mol. The van der Waals surface area contributed by atoms with E-state index in [-0.39, 0.29) is 23.9 Å². The summed E-state index contributed by atoms with van der Waals surface area (Å²) >= 11 is 6.51. The number of hydrogen-bond donors (Lipinski definition) is 4. The molecule has 1 unspecified atom stereocenters. The number of anilines is 2. The van der Waals surface area contributed by atoms with Gasteiger partial charge in [0.05, 0.1) is 16.9 Å². The number of carbonyl (C=O) groups is 2. The Kier molecular flexibility index (Phi) is 9.16. The summed E-state index contributed by atoms with van der Waals surface area (Å²) in [4.78, 5) is 41.7. The van der Waals surface area contributed by atoms with Gasteiger partial charge in [0, 0.05) is 71.7 Å². The second-order valence-electron chi connectivity index (χ2n) is 10.8. The molecule has 2 aromatic carbocycles. The number of H-pyrrole nitrogens is 1. The fraction of sp³-hybridized carbons (Fsp3) is 0.290. The van der Waals surface area contributed by atoms with Crippen molar-refractivity contribution in [2.75, 3.05) is 51.4 Å². The van der Waals surface area contributed by atoms with Crippen LogP contribution < -0.4 is 16.0 Å². The lowest BCUT2D eigenvalue weighted by atomic mass is 10.0. The number of aromatic amines is 1. The minimum absolute atomic E-state index is 0.0178. The molecule has 5 rings (SSSR count). The number of likely N-dealkylation sites (N-methyl/N-ethyl adjacent to an activating group) is 2. The van der Waals surface area contributed by atoms with Crippen LogP contribution in [0.1, 0.15) is 16.8 Å². The predicted octanol–water partition coefficient (Wildman–Crippen LogP) is 4.25. The first kappa shape index (κ1) is 29.2. The maximum absolute atomic E-state index is 13.0. The molecule has 0 aliphatic carbocycles. The standard InChI is InChI=1S/C31H35ClN8O2/c1-39(2)14-6-9-28(41)35-21-12-10-20(11-13-21)30(42)36-22-15-23(19-40(3)18-22)37-31-34-17-26(32)29(38-31)25-16-33-27-8-5-4-7-24(25)27/h4-13,16-17,22-23,33H,14-15,18-19H2,1-3H3,(H,35,41)(H,36,42)(H,34,37,38)/b9-6+/t22?,23-/m1/s1. The number of nitrogens with one attached hydrogen (secondary N) is 4. The van der Waals surface area contributed by atoms with Crippen LogP contribution in [0.15, 0.2) is 73.1 Å². The molecule has 218 valence electrons. The van der Waals surface area contributed by atoms with Crippen molar-refractivity contribution in [2.45, 2.75) is 18.5 Å². The Morgan fingerprint density at radius 1 is 1.12 bits per heavy atom. The number of nitrogens with zero attached hydrogens (tertiary/aromatic N) is 4. The molecule has 1 aliphatic rings. The highest BCUT2D eigenvalue weighted by Crippen LogP contribution is 2.32. The molecule has 0 saturated carbocycles. The molecule has 1 fully saturated rings. The monoisotopic (exact) mass is 586 g/mol. The number of amides is 2. The minimum Gasteiger partial charge on any atom is -0.360 e. The van der Waals surface area contributed by atoms with Gasteiger partial charge in [0.2, 0.25) is 11.9 Å². The van der Waals surface area contributed by atoms with E-state index in [1.807, 2.05) is 56.5 Å². The molecule has 11 heteroatoms. The van der Waals surface area contributed by atoms with E-state index in [0.29, 0.717) is 40.9 Å². The number of likely N-dealkylation sites (tertiary alicyclic amines) is 1. The lowest BCUT2D eigenvalue weighted by Crippen LogP contribution is -2.53. The summed E-state index contributed by atoms with van der Waals surface area (Å²) in [5, 5.41) is 10.9. The Bertz CT molecular complexity index is 1580. The first-order valence-electron chi connectivity index (χ1n) is 13.8. The van der Waals surface area contributed by atoms with E-state index < -0.39 is 0 Å². The van der Waals surface area contributed by atoms with Gasteiger partial charge in [0.1, 0.15) is 0 Å². The smallest absolute Gasteiger partial charge is 0.251 e. The maximum Gasteiger partial charge on any atom is 0.251 e. The third-order valence-electron chi connectivity index (χ3n) is 7.04. The second kappa shape index (κ2) is 13.2. The van der Waals surface area contributed by atoms with Crippen LogP contribution in [0.2, 0.25) is 5.02 Å². The van der Waals surface area contributed by atoms with Crippen LogP contribution in [-0.2, 0) is 4.79 Å². The van der Waals surface area contributed by atoms with Gasteiger partial charge in [-0.25, -0.2) is 9.97 Å². The lowest BCUT2D eigenvalue weighted by Gasteiger charge is -2.36. The molecule has 4 aromatic rings. The summed E-state index contributed by atoms with van der Waals surface area (Å²) in [7, 11) is 5.89. The number of hydrogen-bond acceptors (Lipinski definition) is 7. The molecule has 1 saturated heterocycles. The summed E-state index contributed by atoms with van der Waals surface area (Å²) in [6.07, 6.45) is 7.53. The first-order chi connectivity index (χ1) is 20.2. The summed E-state index contributed by atoms with van der Waals surface area (Å²) in [5.41, 5.74) is 3.74. The Labute approximate surface area is 250 Å². The highest BCUT2D eigenvalue weighted by molar-refractivity contribution is 6.33. The Balaban J connectivity index is 1.20. The average molecular weight is 587 g/mol. The number of carbonyl (C=O) groups excluding carboxylic acids is 2. The zero-order chi connectivity index (χ0) is 29.6. The minimum atomic E-state index is -0.212. The van der Waals surface area contributed by atoms with Crippen molar-refractivity contribution in [3.8, 4) is 11.3 Å². The topological polar surface area (TPSA) is 118 Å². The highest BCUT2D eigenvalue weighted by atomic mass is 35.5. The third-order valence-corrected chi connectivity index (χ3v) is 7.32.